The minimum Gasteiger partial charge on any atom is -0.481 e. The number of carboxylic acid groups (broad SMARTS) is 1. The predicted molar refractivity (Wildman–Crippen MR) is 274 cm³/mol. The van der Waals surface area contributed by atoms with Gasteiger partial charge in [0.2, 0.25) is 11.8 Å². The summed E-state index contributed by atoms with van der Waals surface area (Å²) >= 11 is 0. The molecule has 73 heavy (non-hydrogen) atoms. The molecule has 430 valence electrons. The van der Waals surface area contributed by atoms with E-state index in [1.807, 2.05) is 27.7 Å². The lowest BCUT2D eigenvalue weighted by molar-refractivity contribution is -0.138. The van der Waals surface area contributed by atoms with Crippen molar-refractivity contribution in [3.05, 3.63) is 9.81 Å². The number of amides is 2. The maximum atomic E-state index is 12.5. The highest BCUT2D eigenvalue weighted by Crippen LogP contribution is 2.18. The average Bonchev–Trinajstić information content (AvgIpc) is 3.36. The van der Waals surface area contributed by atoms with E-state index in [9.17, 15) is 24.2 Å². The van der Waals surface area contributed by atoms with Crippen LogP contribution in [0.2, 0.25) is 0 Å². The van der Waals surface area contributed by atoms with Gasteiger partial charge in [0.25, 0.3) is 0 Å². The Morgan fingerprint density at radius 3 is 0.945 bits per heavy atom. The molecule has 0 aliphatic rings. The van der Waals surface area contributed by atoms with Gasteiger partial charge in [-0.25, -0.2) is 0 Å². The zero-order chi connectivity index (χ0) is 53.9. The number of nitrogens with zero attached hydrogens (tertiary/aromatic N) is 2. The number of aliphatic carboxylic acids is 1. The molecule has 2 amide bonds. The van der Waals surface area contributed by atoms with Gasteiger partial charge in [-0.1, -0.05) is 10.4 Å². The quantitative estimate of drug-likeness (QED) is 0.0432. The van der Waals surface area contributed by atoms with Crippen LogP contribution in [0.25, 0.3) is 0 Å². The molecule has 0 aliphatic heterocycles. The van der Waals surface area contributed by atoms with Crippen LogP contribution in [-0.4, -0.2) is 231 Å². The summed E-state index contributed by atoms with van der Waals surface area (Å²) in [4.78, 5) is 57.3. The summed E-state index contributed by atoms with van der Waals surface area (Å²) in [6.45, 7) is 23.9. The van der Waals surface area contributed by atoms with Crippen LogP contribution in [0.3, 0.4) is 0 Å². The molecule has 0 saturated heterocycles. The second-order valence-corrected chi connectivity index (χ2v) is 18.1. The molecule has 0 heterocycles. The van der Waals surface area contributed by atoms with E-state index < -0.39 is 17.0 Å². The van der Waals surface area contributed by atoms with Crippen LogP contribution in [-0.2, 0) is 71.2 Å². The molecule has 0 saturated carbocycles. The second-order valence-electron chi connectivity index (χ2n) is 18.1. The normalized spacial score (nSPS) is 13.2. The average molecular weight is 1060 g/mol. The highest BCUT2D eigenvalue weighted by atomic mass is 16.6. The number of carbonyl (C=O) groups is 3. The first-order chi connectivity index (χ1) is 35.2. The van der Waals surface area contributed by atoms with E-state index in [2.05, 4.69) is 31.6 Å². The maximum absolute atomic E-state index is 12.5. The second kappa shape index (κ2) is 49.9. The first-order valence-corrected chi connectivity index (χ1v) is 26.1. The van der Waals surface area contributed by atoms with Gasteiger partial charge in [-0.05, 0) is 86.2 Å². The van der Waals surface area contributed by atoms with Crippen LogP contribution in [0.1, 0.15) is 86.5 Å². The number of carboxylic acids is 1. The molecule has 0 bridgehead atoms. The summed E-state index contributed by atoms with van der Waals surface area (Å²) in [6.07, 6.45) is 3.37. The third-order valence-electron chi connectivity index (χ3n) is 11.5. The lowest BCUT2D eigenvalue weighted by Gasteiger charge is -2.31. The first kappa shape index (κ1) is 70.1. The predicted octanol–water partition coefficient (Wildman–Crippen LogP) is 2.90. The van der Waals surface area contributed by atoms with Gasteiger partial charge in [-0.2, -0.15) is 9.81 Å². The van der Waals surface area contributed by atoms with Crippen molar-refractivity contribution >= 4 is 17.8 Å². The number of rotatable bonds is 58. The Morgan fingerprint density at radius 1 is 0.397 bits per heavy atom. The first-order valence-electron chi connectivity index (χ1n) is 26.1. The van der Waals surface area contributed by atoms with Crippen molar-refractivity contribution in [2.24, 2.45) is 16.3 Å². The monoisotopic (exact) mass is 1060 g/mol. The van der Waals surface area contributed by atoms with E-state index in [-0.39, 0.29) is 55.7 Å². The Bertz CT molecular complexity index is 1290. The highest BCUT2D eigenvalue weighted by molar-refractivity contribution is 5.78. The van der Waals surface area contributed by atoms with E-state index in [4.69, 9.17) is 61.9 Å². The Balaban J connectivity index is 3.57. The number of ether oxygens (including phenoxy) is 12. The molecule has 2 atom stereocenters. The van der Waals surface area contributed by atoms with E-state index in [1.165, 1.54) is 0 Å². The molecule has 0 aromatic heterocycles. The van der Waals surface area contributed by atoms with Crippen molar-refractivity contribution in [3.8, 4) is 0 Å². The largest absolute Gasteiger partial charge is 0.481 e. The third-order valence-corrected chi connectivity index (χ3v) is 11.5. The van der Waals surface area contributed by atoms with Crippen molar-refractivity contribution in [1.29, 1.82) is 0 Å². The van der Waals surface area contributed by atoms with Crippen LogP contribution < -0.4 is 21.3 Å². The van der Waals surface area contributed by atoms with E-state index in [0.29, 0.717) is 185 Å². The lowest BCUT2D eigenvalue weighted by Crippen LogP contribution is -2.48. The Labute approximate surface area is 434 Å². The van der Waals surface area contributed by atoms with E-state index in [0.717, 1.165) is 19.3 Å². The molecule has 0 radical (unpaired) electrons. The summed E-state index contributed by atoms with van der Waals surface area (Å²) < 4.78 is 65.3. The number of nitroso groups, excluding NO2 is 2. The van der Waals surface area contributed by atoms with E-state index in [1.54, 1.807) is 13.8 Å². The van der Waals surface area contributed by atoms with Gasteiger partial charge in [0.05, 0.1) is 165 Å². The van der Waals surface area contributed by atoms with Crippen molar-refractivity contribution in [2.45, 2.75) is 110 Å². The molecular formula is C49H96N6O18. The van der Waals surface area contributed by atoms with Crippen molar-refractivity contribution < 1.29 is 76.3 Å². The van der Waals surface area contributed by atoms with Gasteiger partial charge in [-0.15, -0.1) is 0 Å². The van der Waals surface area contributed by atoms with Crippen molar-refractivity contribution in [2.75, 3.05) is 185 Å². The highest BCUT2D eigenvalue weighted by Gasteiger charge is 2.28. The fourth-order valence-corrected chi connectivity index (χ4v) is 6.13. The molecule has 0 aromatic rings. The van der Waals surface area contributed by atoms with Gasteiger partial charge < -0.3 is 83.2 Å². The van der Waals surface area contributed by atoms with Crippen LogP contribution >= 0.6 is 0 Å². The number of hydrogen-bond donors (Lipinski definition) is 5. The molecule has 0 rings (SSSR count). The fourth-order valence-electron chi connectivity index (χ4n) is 6.13. The Kier molecular flexibility index (Phi) is 47.9. The summed E-state index contributed by atoms with van der Waals surface area (Å²) in [5.41, 5.74) is -0.870. The summed E-state index contributed by atoms with van der Waals surface area (Å²) in [5.74, 6) is -0.834. The topological polar surface area (TPSA) is 289 Å². The van der Waals surface area contributed by atoms with Crippen LogP contribution in [0.15, 0.2) is 10.4 Å². The van der Waals surface area contributed by atoms with Crippen LogP contribution in [0.4, 0.5) is 0 Å². The summed E-state index contributed by atoms with van der Waals surface area (Å²) in [6, 6.07) is -0.758. The molecule has 0 aliphatic carbocycles. The molecule has 24 nitrogen and oxygen atoms in total. The van der Waals surface area contributed by atoms with Gasteiger partial charge in [0.15, 0.2) is 0 Å². The lowest BCUT2D eigenvalue weighted by atomic mass is 9.92. The standard InChI is InChI=1S/C49H96N6O18/c1-42(54-60)48(3,4)52-15-11-44(12-16-53-49(5,6)43(2)55-61)10-14-50-45(56)8-7-9-46(57)51-17-19-63-21-23-65-25-27-67-29-31-69-33-35-71-37-39-73-41-40-72-38-36-70-34-32-68-30-28-66-26-24-64-22-20-62-18-13-47(58)59/h42-44,52-53H,7-41H2,1-6H3,(H,50,56)(H,51,57)(H,58,59). The molecule has 5 N–H and O–H groups in total. The third kappa shape index (κ3) is 47.3. The van der Waals surface area contributed by atoms with Crippen LogP contribution in [0, 0.1) is 15.7 Å². The van der Waals surface area contributed by atoms with Crippen molar-refractivity contribution in [3.63, 3.8) is 0 Å². The van der Waals surface area contributed by atoms with Gasteiger partial charge in [-0.3, -0.25) is 14.4 Å². The Morgan fingerprint density at radius 2 is 0.658 bits per heavy atom. The maximum Gasteiger partial charge on any atom is 0.305 e. The van der Waals surface area contributed by atoms with E-state index >= 15 is 0 Å². The minimum absolute atomic E-state index is 0.0140. The summed E-state index contributed by atoms with van der Waals surface area (Å²) in [5, 5.41) is 27.5. The zero-order valence-electron chi connectivity index (χ0n) is 45.3. The fraction of sp³-hybridized carbons (Fsp3) is 0.939. The molecular weight excluding hydrogens is 961 g/mol. The van der Waals surface area contributed by atoms with Gasteiger partial charge >= 0.3 is 5.97 Å². The number of carbonyl (C=O) groups excluding carboxylic acids is 2. The minimum atomic E-state index is -0.884. The smallest absolute Gasteiger partial charge is 0.305 e. The van der Waals surface area contributed by atoms with Gasteiger partial charge in [0.1, 0.15) is 12.1 Å². The van der Waals surface area contributed by atoms with Gasteiger partial charge in [0, 0.05) is 37.0 Å². The number of hydrogen-bond acceptors (Lipinski definition) is 21. The molecule has 0 fully saturated rings. The number of nitrogens with one attached hydrogen (secondary N) is 4. The SMILES string of the molecule is CC(N=O)C(C)(C)NCCC(CCNC(=O)CCCC(=O)NCCOCCOCCOCCOCCOCCOCCOCCOCCOCCOCCOCCOCCC(=O)O)CCNC(C)(C)C(C)N=O. The Hall–Kier alpha value is -2.95. The van der Waals surface area contributed by atoms with Crippen LogP contribution in [0.5, 0.6) is 0 Å². The molecule has 2 unspecified atom stereocenters. The molecule has 0 aromatic carbocycles. The molecule has 24 heteroatoms. The molecule has 0 spiro atoms. The zero-order valence-corrected chi connectivity index (χ0v) is 45.3. The van der Waals surface area contributed by atoms with Crippen molar-refractivity contribution in [1.82, 2.24) is 21.3 Å². The summed E-state index contributed by atoms with van der Waals surface area (Å²) in [7, 11) is 0.